The van der Waals surface area contributed by atoms with Crippen molar-refractivity contribution in [2.24, 2.45) is 0 Å². The Balaban J connectivity index is 2.39. The van der Waals surface area contributed by atoms with Crippen molar-refractivity contribution in [3.8, 4) is 0 Å². The molecule has 0 unspecified atom stereocenters. The highest BCUT2D eigenvalue weighted by molar-refractivity contribution is 6.32. The number of hydrogen-bond acceptors (Lipinski definition) is 2. The van der Waals surface area contributed by atoms with E-state index in [9.17, 15) is 4.39 Å². The van der Waals surface area contributed by atoms with Gasteiger partial charge < -0.3 is 11.1 Å². The number of halogens is 3. The molecule has 0 aliphatic rings. The molecule has 0 aliphatic heterocycles. The van der Waals surface area contributed by atoms with Gasteiger partial charge in [-0.15, -0.1) is 0 Å². The van der Waals surface area contributed by atoms with Crippen molar-refractivity contribution in [3.63, 3.8) is 0 Å². The zero-order chi connectivity index (χ0) is 13.3. The van der Waals surface area contributed by atoms with Crippen LogP contribution in [0.25, 0.3) is 0 Å². The molecule has 0 atom stereocenters. The van der Waals surface area contributed by atoms with Crippen LogP contribution in [0, 0.1) is 12.7 Å². The monoisotopic (exact) mass is 284 g/mol. The van der Waals surface area contributed by atoms with Crippen molar-refractivity contribution in [3.05, 3.63) is 51.8 Å². The quantitative estimate of drug-likeness (QED) is 0.780. The number of benzene rings is 2. The fraction of sp³-hybridized carbons (Fsp3) is 0.0769. The van der Waals surface area contributed by atoms with Crippen molar-refractivity contribution in [2.45, 2.75) is 6.92 Å². The first-order valence-electron chi connectivity index (χ1n) is 5.25. The van der Waals surface area contributed by atoms with Crippen LogP contribution in [0.4, 0.5) is 21.5 Å². The van der Waals surface area contributed by atoms with E-state index in [1.54, 1.807) is 18.2 Å². The van der Waals surface area contributed by atoms with E-state index < -0.39 is 5.82 Å². The third-order valence-electron chi connectivity index (χ3n) is 2.62. The van der Waals surface area contributed by atoms with Crippen molar-refractivity contribution in [2.75, 3.05) is 11.1 Å². The maximum Gasteiger partial charge on any atom is 0.143 e. The molecule has 3 N–H and O–H groups in total. The molecule has 0 bridgehead atoms. The minimum absolute atomic E-state index is 0.0799. The lowest BCUT2D eigenvalue weighted by atomic mass is 10.1. The Hall–Kier alpha value is -1.45. The van der Waals surface area contributed by atoms with E-state index in [2.05, 4.69) is 5.32 Å². The number of anilines is 3. The van der Waals surface area contributed by atoms with Crippen LogP contribution < -0.4 is 11.1 Å². The number of rotatable bonds is 2. The molecule has 0 saturated carbocycles. The molecule has 0 saturated heterocycles. The molecule has 0 aliphatic carbocycles. The Morgan fingerprint density at radius 1 is 1.11 bits per heavy atom. The van der Waals surface area contributed by atoms with Crippen molar-refractivity contribution in [1.29, 1.82) is 0 Å². The Morgan fingerprint density at radius 2 is 1.78 bits per heavy atom. The number of hydrogen-bond donors (Lipinski definition) is 2. The summed E-state index contributed by atoms with van der Waals surface area (Å²) in [5.41, 5.74) is 8.46. The lowest BCUT2D eigenvalue weighted by Gasteiger charge is -2.13. The molecule has 2 nitrogen and oxygen atoms in total. The second-order valence-electron chi connectivity index (χ2n) is 3.89. The molecule has 2 aromatic carbocycles. The van der Waals surface area contributed by atoms with Crippen LogP contribution in [0.15, 0.2) is 30.3 Å². The highest BCUT2D eigenvalue weighted by atomic mass is 35.5. The van der Waals surface area contributed by atoms with Crippen molar-refractivity contribution >= 4 is 40.3 Å². The largest absolute Gasteiger partial charge is 0.397 e. The van der Waals surface area contributed by atoms with Gasteiger partial charge in [0.25, 0.3) is 0 Å². The molecule has 5 heteroatoms. The molecule has 18 heavy (non-hydrogen) atoms. The van der Waals surface area contributed by atoms with E-state index in [0.29, 0.717) is 22.1 Å². The molecular formula is C13H11Cl2FN2. The van der Waals surface area contributed by atoms with Gasteiger partial charge in [0, 0.05) is 10.7 Å². The van der Waals surface area contributed by atoms with E-state index >= 15 is 0 Å². The Labute approximate surface area is 115 Å². The summed E-state index contributed by atoms with van der Waals surface area (Å²) in [6.07, 6.45) is 0. The van der Waals surface area contributed by atoms with Crippen LogP contribution in [0.5, 0.6) is 0 Å². The van der Waals surface area contributed by atoms with E-state index in [1.165, 1.54) is 12.1 Å². The number of nitrogen functional groups attached to an aromatic ring is 1. The zero-order valence-electron chi connectivity index (χ0n) is 9.60. The summed E-state index contributed by atoms with van der Waals surface area (Å²) in [5.74, 6) is -0.486. The fourth-order valence-corrected chi connectivity index (χ4v) is 1.87. The van der Waals surface area contributed by atoms with Crippen LogP contribution in [0.2, 0.25) is 10.0 Å². The Kier molecular flexibility index (Phi) is 3.64. The highest BCUT2D eigenvalue weighted by Gasteiger charge is 2.08. The summed E-state index contributed by atoms with van der Waals surface area (Å²) < 4.78 is 13.3. The van der Waals surface area contributed by atoms with Crippen LogP contribution in [-0.2, 0) is 0 Å². The minimum Gasteiger partial charge on any atom is -0.397 e. The first-order chi connectivity index (χ1) is 8.49. The molecule has 0 fully saturated rings. The molecular weight excluding hydrogens is 274 g/mol. The predicted octanol–water partition coefficient (Wildman–Crippen LogP) is 4.77. The Morgan fingerprint density at radius 3 is 2.44 bits per heavy atom. The smallest absolute Gasteiger partial charge is 0.143 e. The molecule has 0 amide bonds. The Bertz CT molecular complexity index is 600. The number of nitrogens with two attached hydrogens (primary N) is 1. The van der Waals surface area contributed by atoms with Crippen molar-refractivity contribution < 1.29 is 4.39 Å². The SMILES string of the molecule is Cc1c(Cl)ccc(N)c1Nc1ccc(Cl)c(F)c1. The average molecular weight is 285 g/mol. The van der Waals surface area contributed by atoms with Gasteiger partial charge in [-0.1, -0.05) is 23.2 Å². The lowest BCUT2D eigenvalue weighted by molar-refractivity contribution is 0.629. The summed E-state index contributed by atoms with van der Waals surface area (Å²) in [5, 5.41) is 3.72. The van der Waals surface area contributed by atoms with Gasteiger partial charge in [-0.2, -0.15) is 0 Å². The molecule has 0 heterocycles. The molecule has 0 radical (unpaired) electrons. The van der Waals surface area contributed by atoms with Crippen molar-refractivity contribution in [1.82, 2.24) is 0 Å². The van der Waals surface area contributed by atoms with E-state index in [4.69, 9.17) is 28.9 Å². The van der Waals surface area contributed by atoms with Crippen LogP contribution in [0.1, 0.15) is 5.56 Å². The fourth-order valence-electron chi connectivity index (χ4n) is 1.59. The van der Waals surface area contributed by atoms with Gasteiger partial charge in [-0.25, -0.2) is 4.39 Å². The second kappa shape index (κ2) is 5.04. The van der Waals surface area contributed by atoms with Gasteiger partial charge in [0.05, 0.1) is 16.4 Å². The van der Waals surface area contributed by atoms with E-state index in [0.717, 1.165) is 5.56 Å². The predicted molar refractivity (Wildman–Crippen MR) is 75.3 cm³/mol. The maximum atomic E-state index is 13.3. The highest BCUT2D eigenvalue weighted by Crippen LogP contribution is 2.32. The van der Waals surface area contributed by atoms with Crippen LogP contribution in [-0.4, -0.2) is 0 Å². The van der Waals surface area contributed by atoms with Gasteiger partial charge in [-0.3, -0.25) is 0 Å². The topological polar surface area (TPSA) is 38.0 Å². The van der Waals surface area contributed by atoms with Gasteiger partial charge >= 0.3 is 0 Å². The molecule has 94 valence electrons. The van der Waals surface area contributed by atoms with E-state index in [1.807, 2.05) is 6.92 Å². The summed E-state index contributed by atoms with van der Waals surface area (Å²) >= 11 is 11.6. The summed E-state index contributed by atoms with van der Waals surface area (Å²) in [4.78, 5) is 0. The second-order valence-corrected chi connectivity index (χ2v) is 4.70. The molecule has 2 aromatic rings. The first kappa shape index (κ1) is 13.0. The maximum absolute atomic E-state index is 13.3. The van der Waals surface area contributed by atoms with E-state index in [-0.39, 0.29) is 5.02 Å². The average Bonchev–Trinajstić information content (AvgIpc) is 2.34. The lowest BCUT2D eigenvalue weighted by Crippen LogP contribution is -1.99. The van der Waals surface area contributed by atoms with Gasteiger partial charge in [0.2, 0.25) is 0 Å². The van der Waals surface area contributed by atoms with Crippen LogP contribution >= 0.6 is 23.2 Å². The van der Waals surface area contributed by atoms with Gasteiger partial charge in [0.15, 0.2) is 0 Å². The standard InChI is InChI=1S/C13H11Cl2FN2/c1-7-9(14)4-5-12(17)13(7)18-8-2-3-10(15)11(16)6-8/h2-6,18H,17H2,1H3. The minimum atomic E-state index is -0.486. The summed E-state index contributed by atoms with van der Waals surface area (Å²) in [6, 6.07) is 7.88. The number of nitrogens with one attached hydrogen (secondary N) is 1. The molecule has 2 rings (SSSR count). The molecule has 0 aromatic heterocycles. The molecule has 0 spiro atoms. The third kappa shape index (κ3) is 2.52. The van der Waals surface area contributed by atoms with Gasteiger partial charge in [0.1, 0.15) is 5.82 Å². The first-order valence-corrected chi connectivity index (χ1v) is 6.01. The summed E-state index contributed by atoms with van der Waals surface area (Å²) in [6.45, 7) is 1.84. The van der Waals surface area contributed by atoms with Crippen LogP contribution in [0.3, 0.4) is 0 Å². The van der Waals surface area contributed by atoms with Gasteiger partial charge in [-0.05, 0) is 42.8 Å². The zero-order valence-corrected chi connectivity index (χ0v) is 11.1. The normalized spacial score (nSPS) is 10.4. The third-order valence-corrected chi connectivity index (χ3v) is 3.34. The summed E-state index contributed by atoms with van der Waals surface area (Å²) in [7, 11) is 0.